The molecular weight excluding hydrogens is 254 g/mol. The van der Waals surface area contributed by atoms with Crippen molar-refractivity contribution in [3.05, 3.63) is 17.5 Å². The summed E-state index contributed by atoms with van der Waals surface area (Å²) in [6, 6.07) is 3.40. The minimum Gasteiger partial charge on any atom is -0.206 e. The summed E-state index contributed by atoms with van der Waals surface area (Å²) in [6.07, 6.45) is 0.869. The van der Waals surface area contributed by atoms with Crippen molar-refractivity contribution in [1.82, 2.24) is 4.31 Å². The molecule has 1 fully saturated rings. The standard InChI is InChI=1S/C9H12ClNO2S2/c10-6-8-3-4-11(7-8)15(12,13)9-2-1-5-14-9/h1-2,5,8H,3-4,6-7H2. The smallest absolute Gasteiger partial charge is 0.206 e. The Bertz CT molecular complexity index is 415. The maximum absolute atomic E-state index is 12.1. The Morgan fingerprint density at radius 1 is 1.60 bits per heavy atom. The predicted molar refractivity (Wildman–Crippen MR) is 61.9 cm³/mol. The SMILES string of the molecule is O=S(=O)(c1cccs1)N1CCC(CCl)C1. The average molecular weight is 266 g/mol. The fraction of sp³-hybridized carbons (Fsp3) is 0.556. The fourth-order valence-electron chi connectivity index (χ4n) is 1.68. The van der Waals surface area contributed by atoms with E-state index in [4.69, 9.17) is 11.6 Å². The van der Waals surface area contributed by atoms with Gasteiger partial charge in [-0.2, -0.15) is 4.31 Å². The number of alkyl halides is 1. The molecule has 1 unspecified atom stereocenters. The summed E-state index contributed by atoms with van der Waals surface area (Å²) in [4.78, 5) is 0. The van der Waals surface area contributed by atoms with Gasteiger partial charge in [0, 0.05) is 19.0 Å². The topological polar surface area (TPSA) is 37.4 Å². The molecule has 1 aliphatic heterocycles. The zero-order valence-electron chi connectivity index (χ0n) is 8.10. The molecule has 1 aromatic rings. The van der Waals surface area contributed by atoms with Crippen molar-refractivity contribution in [2.24, 2.45) is 5.92 Å². The third-order valence-electron chi connectivity index (χ3n) is 2.56. The van der Waals surface area contributed by atoms with Crippen molar-refractivity contribution in [2.45, 2.75) is 10.6 Å². The summed E-state index contributed by atoms with van der Waals surface area (Å²) >= 11 is 6.99. The van der Waals surface area contributed by atoms with Gasteiger partial charge in [0.25, 0.3) is 10.0 Å². The molecule has 0 saturated carbocycles. The molecule has 0 amide bonds. The van der Waals surface area contributed by atoms with E-state index in [2.05, 4.69) is 0 Å². The quantitative estimate of drug-likeness (QED) is 0.784. The highest BCUT2D eigenvalue weighted by Gasteiger charge is 2.32. The highest BCUT2D eigenvalue weighted by molar-refractivity contribution is 7.91. The van der Waals surface area contributed by atoms with Gasteiger partial charge in [-0.15, -0.1) is 22.9 Å². The van der Waals surface area contributed by atoms with E-state index in [1.54, 1.807) is 17.5 Å². The van der Waals surface area contributed by atoms with E-state index < -0.39 is 10.0 Å². The maximum atomic E-state index is 12.1. The maximum Gasteiger partial charge on any atom is 0.252 e. The number of thiophene rings is 1. The van der Waals surface area contributed by atoms with E-state index in [-0.39, 0.29) is 0 Å². The molecule has 0 radical (unpaired) electrons. The number of sulfonamides is 1. The average Bonchev–Trinajstić information content (AvgIpc) is 2.89. The van der Waals surface area contributed by atoms with Crippen LogP contribution in [-0.2, 0) is 10.0 Å². The third kappa shape index (κ3) is 2.20. The predicted octanol–water partition coefficient (Wildman–Crippen LogP) is 2.00. The summed E-state index contributed by atoms with van der Waals surface area (Å²) in [6.45, 7) is 1.15. The van der Waals surface area contributed by atoms with E-state index in [0.717, 1.165) is 6.42 Å². The molecule has 15 heavy (non-hydrogen) atoms. The summed E-state index contributed by atoms with van der Waals surface area (Å²) in [5.41, 5.74) is 0. The first-order valence-corrected chi connectivity index (χ1v) is 7.59. The molecule has 84 valence electrons. The Morgan fingerprint density at radius 2 is 2.40 bits per heavy atom. The molecule has 1 aromatic heterocycles. The van der Waals surface area contributed by atoms with Gasteiger partial charge in [0.15, 0.2) is 0 Å². The highest BCUT2D eigenvalue weighted by Crippen LogP contribution is 2.27. The lowest BCUT2D eigenvalue weighted by molar-refractivity contribution is 0.467. The molecule has 1 saturated heterocycles. The van der Waals surface area contributed by atoms with E-state index in [9.17, 15) is 8.42 Å². The molecule has 0 N–H and O–H groups in total. The van der Waals surface area contributed by atoms with Gasteiger partial charge in [-0.05, 0) is 23.8 Å². The van der Waals surface area contributed by atoms with E-state index >= 15 is 0 Å². The van der Waals surface area contributed by atoms with Crippen molar-refractivity contribution >= 4 is 33.0 Å². The third-order valence-corrected chi connectivity index (χ3v) is 6.23. The first-order chi connectivity index (χ1) is 7.14. The number of hydrogen-bond acceptors (Lipinski definition) is 3. The Kier molecular flexibility index (Phi) is 3.35. The molecule has 0 bridgehead atoms. The first kappa shape index (κ1) is 11.4. The number of halogens is 1. The second-order valence-electron chi connectivity index (χ2n) is 3.60. The lowest BCUT2D eigenvalue weighted by atomic mass is 10.2. The van der Waals surface area contributed by atoms with Gasteiger partial charge in [0.05, 0.1) is 0 Å². The van der Waals surface area contributed by atoms with Crippen molar-refractivity contribution in [3.8, 4) is 0 Å². The van der Waals surface area contributed by atoms with Crippen LogP contribution in [0.4, 0.5) is 0 Å². The largest absolute Gasteiger partial charge is 0.252 e. The van der Waals surface area contributed by atoms with Crippen molar-refractivity contribution < 1.29 is 8.42 Å². The van der Waals surface area contributed by atoms with Crippen LogP contribution in [0, 0.1) is 5.92 Å². The lowest BCUT2D eigenvalue weighted by Crippen LogP contribution is -2.28. The Balaban J connectivity index is 2.18. The molecule has 1 aliphatic rings. The first-order valence-electron chi connectivity index (χ1n) is 4.74. The van der Waals surface area contributed by atoms with Gasteiger partial charge in [-0.1, -0.05) is 6.07 Å². The molecule has 2 heterocycles. The van der Waals surface area contributed by atoms with Crippen LogP contribution in [0.2, 0.25) is 0 Å². The van der Waals surface area contributed by atoms with Crippen molar-refractivity contribution in [2.75, 3.05) is 19.0 Å². The molecule has 0 aliphatic carbocycles. The summed E-state index contributed by atoms with van der Waals surface area (Å²) < 4.78 is 26.1. The zero-order chi connectivity index (χ0) is 10.9. The van der Waals surface area contributed by atoms with Crippen LogP contribution in [0.15, 0.2) is 21.7 Å². The summed E-state index contributed by atoms with van der Waals surface area (Å²) in [7, 11) is -3.25. The Labute approximate surface area is 98.7 Å². The van der Waals surface area contributed by atoms with Crippen LogP contribution >= 0.6 is 22.9 Å². The van der Waals surface area contributed by atoms with Crippen LogP contribution < -0.4 is 0 Å². The van der Waals surface area contributed by atoms with Crippen molar-refractivity contribution in [1.29, 1.82) is 0 Å². The van der Waals surface area contributed by atoms with Gasteiger partial charge in [0.1, 0.15) is 4.21 Å². The highest BCUT2D eigenvalue weighted by atomic mass is 35.5. The molecule has 6 heteroatoms. The van der Waals surface area contributed by atoms with Crippen LogP contribution in [-0.4, -0.2) is 31.7 Å². The van der Waals surface area contributed by atoms with Gasteiger partial charge in [-0.3, -0.25) is 0 Å². The van der Waals surface area contributed by atoms with Crippen molar-refractivity contribution in [3.63, 3.8) is 0 Å². The number of nitrogens with zero attached hydrogens (tertiary/aromatic N) is 1. The van der Waals surface area contributed by atoms with Crippen LogP contribution in [0.5, 0.6) is 0 Å². The fourth-order valence-corrected chi connectivity index (χ4v) is 4.61. The van der Waals surface area contributed by atoms with Crippen LogP contribution in [0.25, 0.3) is 0 Å². The molecule has 0 spiro atoms. The minimum atomic E-state index is -3.25. The molecule has 1 atom stereocenters. The monoisotopic (exact) mass is 265 g/mol. The Morgan fingerprint density at radius 3 is 2.93 bits per heavy atom. The molecule has 3 nitrogen and oxygen atoms in total. The summed E-state index contributed by atoms with van der Waals surface area (Å²) in [5, 5.41) is 1.78. The van der Waals surface area contributed by atoms with Gasteiger partial charge in [0.2, 0.25) is 0 Å². The summed E-state index contributed by atoms with van der Waals surface area (Å²) in [5.74, 6) is 0.845. The second-order valence-corrected chi connectivity index (χ2v) is 7.03. The second kappa shape index (κ2) is 4.41. The molecular formula is C9H12ClNO2S2. The van der Waals surface area contributed by atoms with Gasteiger partial charge in [-0.25, -0.2) is 8.42 Å². The Hall–Kier alpha value is -0.100. The van der Waals surface area contributed by atoms with E-state index in [1.807, 2.05) is 0 Å². The van der Waals surface area contributed by atoms with E-state index in [0.29, 0.717) is 29.1 Å². The normalized spacial score (nSPS) is 23.4. The minimum absolute atomic E-state index is 0.307. The van der Waals surface area contributed by atoms with E-state index in [1.165, 1.54) is 15.6 Å². The van der Waals surface area contributed by atoms with Gasteiger partial charge >= 0.3 is 0 Å². The zero-order valence-corrected chi connectivity index (χ0v) is 10.5. The number of hydrogen-bond donors (Lipinski definition) is 0. The van der Waals surface area contributed by atoms with Crippen LogP contribution in [0.3, 0.4) is 0 Å². The van der Waals surface area contributed by atoms with Gasteiger partial charge < -0.3 is 0 Å². The van der Waals surface area contributed by atoms with Crippen LogP contribution in [0.1, 0.15) is 6.42 Å². The molecule has 0 aromatic carbocycles. The lowest BCUT2D eigenvalue weighted by Gasteiger charge is -2.14. The molecule has 2 rings (SSSR count). The number of rotatable bonds is 3.